The van der Waals surface area contributed by atoms with Crippen LogP contribution in [0.15, 0.2) is 40.3 Å². The highest BCUT2D eigenvalue weighted by atomic mass is 35.5. The lowest BCUT2D eigenvalue weighted by Gasteiger charge is -2.08. The molecule has 0 N–H and O–H groups in total. The van der Waals surface area contributed by atoms with Gasteiger partial charge in [-0.25, -0.2) is 9.97 Å². The quantitative estimate of drug-likeness (QED) is 0.731. The van der Waals surface area contributed by atoms with E-state index in [0.29, 0.717) is 9.92 Å². The van der Waals surface area contributed by atoms with Crippen LogP contribution in [0.2, 0.25) is 10.2 Å². The van der Waals surface area contributed by atoms with Gasteiger partial charge in [0.2, 0.25) is 5.82 Å². The van der Waals surface area contributed by atoms with E-state index >= 15 is 0 Å². The van der Waals surface area contributed by atoms with Crippen LogP contribution in [0.5, 0.6) is 0 Å². The third-order valence-electron chi connectivity index (χ3n) is 1.98. The first-order valence-corrected chi connectivity index (χ1v) is 6.47. The molecule has 0 saturated heterocycles. The number of nitrogens with zero attached hydrogens (tertiary/aromatic N) is 2. The summed E-state index contributed by atoms with van der Waals surface area (Å²) in [5.41, 5.74) is 0. The first-order valence-electron chi connectivity index (χ1n) is 4.90. The van der Waals surface area contributed by atoms with Gasteiger partial charge < -0.3 is 0 Å². The molecule has 2 aromatic rings. The molecule has 0 saturated carbocycles. The van der Waals surface area contributed by atoms with E-state index in [-0.39, 0.29) is 10.2 Å². The molecule has 0 aliphatic heterocycles. The van der Waals surface area contributed by atoms with Gasteiger partial charge in [0.25, 0.3) is 0 Å². The summed E-state index contributed by atoms with van der Waals surface area (Å²) in [5, 5.41) is 0.244. The van der Waals surface area contributed by atoms with E-state index in [2.05, 4.69) is 9.97 Å². The molecule has 8 heteroatoms. The van der Waals surface area contributed by atoms with Gasteiger partial charge in [0.15, 0.2) is 0 Å². The Morgan fingerprint density at radius 3 is 2.37 bits per heavy atom. The zero-order chi connectivity index (χ0) is 14.0. The maximum Gasteiger partial charge on any atom is 0.451 e. The van der Waals surface area contributed by atoms with Crippen molar-refractivity contribution in [2.24, 2.45) is 0 Å². The largest absolute Gasteiger partial charge is 0.451 e. The second kappa shape index (κ2) is 5.56. The summed E-state index contributed by atoms with van der Waals surface area (Å²) >= 11 is 12.5. The van der Waals surface area contributed by atoms with Crippen LogP contribution < -0.4 is 0 Å². The Balaban J connectivity index is 2.36. The summed E-state index contributed by atoms with van der Waals surface area (Å²) in [4.78, 5) is 7.17. The third kappa shape index (κ3) is 3.75. The molecule has 0 fully saturated rings. The van der Waals surface area contributed by atoms with Crippen LogP contribution in [0.4, 0.5) is 13.2 Å². The fraction of sp³-hybridized carbons (Fsp3) is 0.0909. The number of halogens is 5. The highest BCUT2D eigenvalue weighted by Gasteiger charge is 2.35. The minimum absolute atomic E-state index is 0.0837. The Morgan fingerprint density at radius 2 is 1.74 bits per heavy atom. The predicted octanol–water partition coefficient (Wildman–Crippen LogP) is 4.95. The Hall–Kier alpha value is -0.980. The van der Waals surface area contributed by atoms with Gasteiger partial charge in [-0.1, -0.05) is 47.1 Å². The molecular weight excluding hydrogens is 320 g/mol. The second-order valence-electron chi connectivity index (χ2n) is 3.38. The Morgan fingerprint density at radius 1 is 1.05 bits per heavy atom. The van der Waals surface area contributed by atoms with Crippen LogP contribution in [0.1, 0.15) is 5.82 Å². The highest BCUT2D eigenvalue weighted by molar-refractivity contribution is 7.99. The molecule has 19 heavy (non-hydrogen) atoms. The van der Waals surface area contributed by atoms with Crippen LogP contribution in [-0.4, -0.2) is 9.97 Å². The number of hydrogen-bond donors (Lipinski definition) is 0. The minimum Gasteiger partial charge on any atom is -0.217 e. The van der Waals surface area contributed by atoms with E-state index in [0.717, 1.165) is 11.8 Å². The summed E-state index contributed by atoms with van der Waals surface area (Å²) < 4.78 is 37.6. The molecule has 0 spiro atoms. The first kappa shape index (κ1) is 14.4. The monoisotopic (exact) mass is 324 g/mol. The lowest BCUT2D eigenvalue weighted by atomic mass is 10.4. The smallest absolute Gasteiger partial charge is 0.217 e. The molecule has 1 aromatic carbocycles. The number of hydrogen-bond acceptors (Lipinski definition) is 3. The molecule has 2 nitrogen and oxygen atoms in total. The average molecular weight is 325 g/mol. The summed E-state index contributed by atoms with van der Waals surface area (Å²) in [6.45, 7) is 0. The lowest BCUT2D eigenvalue weighted by Crippen LogP contribution is -2.11. The molecule has 2 rings (SSSR count). The third-order valence-corrected chi connectivity index (χ3v) is 3.61. The van der Waals surface area contributed by atoms with Gasteiger partial charge in [-0.3, -0.25) is 0 Å². The van der Waals surface area contributed by atoms with E-state index in [1.165, 1.54) is 6.07 Å². The number of rotatable bonds is 2. The number of aromatic nitrogens is 2. The summed E-state index contributed by atoms with van der Waals surface area (Å²) in [7, 11) is 0. The zero-order valence-electron chi connectivity index (χ0n) is 9.08. The molecule has 0 unspecified atom stereocenters. The van der Waals surface area contributed by atoms with E-state index < -0.39 is 12.0 Å². The molecule has 100 valence electrons. The van der Waals surface area contributed by atoms with Gasteiger partial charge in [0.05, 0.1) is 5.02 Å². The molecule has 1 aromatic heterocycles. The van der Waals surface area contributed by atoms with Crippen LogP contribution in [-0.2, 0) is 6.18 Å². The molecule has 0 aliphatic carbocycles. The van der Waals surface area contributed by atoms with E-state index in [1.54, 1.807) is 24.3 Å². The second-order valence-corrected chi connectivity index (χ2v) is 5.24. The fourth-order valence-electron chi connectivity index (χ4n) is 1.22. The van der Waals surface area contributed by atoms with Crippen molar-refractivity contribution in [3.05, 3.63) is 46.3 Å². The van der Waals surface area contributed by atoms with Crippen molar-refractivity contribution in [2.75, 3.05) is 0 Å². The fourth-order valence-corrected chi connectivity index (χ4v) is 2.56. The van der Waals surface area contributed by atoms with E-state index in [4.69, 9.17) is 23.2 Å². The van der Waals surface area contributed by atoms with Crippen molar-refractivity contribution >= 4 is 35.0 Å². The van der Waals surface area contributed by atoms with Gasteiger partial charge in [-0.05, 0) is 12.1 Å². The minimum atomic E-state index is -4.64. The molecule has 0 radical (unpaired) electrons. The van der Waals surface area contributed by atoms with Crippen LogP contribution in [0.3, 0.4) is 0 Å². The van der Waals surface area contributed by atoms with Gasteiger partial charge in [-0.15, -0.1) is 0 Å². The van der Waals surface area contributed by atoms with Gasteiger partial charge >= 0.3 is 6.18 Å². The lowest BCUT2D eigenvalue weighted by molar-refractivity contribution is -0.145. The molecule has 0 aliphatic rings. The Labute approximate surface area is 121 Å². The van der Waals surface area contributed by atoms with Crippen molar-refractivity contribution in [2.45, 2.75) is 16.1 Å². The van der Waals surface area contributed by atoms with Crippen LogP contribution in [0, 0.1) is 0 Å². The van der Waals surface area contributed by atoms with E-state index in [9.17, 15) is 13.2 Å². The Bertz CT molecular complexity index is 605. The number of benzene rings is 1. The summed E-state index contributed by atoms with van der Waals surface area (Å²) in [5.74, 6) is -1.27. The Kier molecular flexibility index (Phi) is 4.23. The molecule has 0 atom stereocenters. The maximum atomic E-state index is 12.5. The van der Waals surface area contributed by atoms with Gasteiger partial charge in [0.1, 0.15) is 10.2 Å². The standard InChI is InChI=1S/C11H5Cl2F3N2S/c12-6-3-1-2-4-7(6)19-9-5-8(13)17-10(18-9)11(14,15)16/h1-5H. The number of alkyl halides is 3. The van der Waals surface area contributed by atoms with Crippen LogP contribution >= 0.6 is 35.0 Å². The normalized spacial score (nSPS) is 11.6. The first-order chi connectivity index (χ1) is 8.86. The summed E-state index contributed by atoms with van der Waals surface area (Å²) in [6.07, 6.45) is -4.64. The molecule has 1 heterocycles. The van der Waals surface area contributed by atoms with Gasteiger partial charge in [0, 0.05) is 11.0 Å². The van der Waals surface area contributed by atoms with Crippen molar-refractivity contribution in [1.29, 1.82) is 0 Å². The molecule has 0 bridgehead atoms. The highest BCUT2D eigenvalue weighted by Crippen LogP contribution is 2.35. The van der Waals surface area contributed by atoms with Crippen LogP contribution in [0.25, 0.3) is 0 Å². The average Bonchev–Trinajstić information content (AvgIpc) is 2.30. The van der Waals surface area contributed by atoms with Gasteiger partial charge in [-0.2, -0.15) is 13.2 Å². The van der Waals surface area contributed by atoms with E-state index in [1.807, 2.05) is 0 Å². The topological polar surface area (TPSA) is 25.8 Å². The zero-order valence-corrected chi connectivity index (χ0v) is 11.4. The maximum absolute atomic E-state index is 12.5. The van der Waals surface area contributed by atoms with Crippen molar-refractivity contribution in [1.82, 2.24) is 9.97 Å². The SMILES string of the molecule is FC(F)(F)c1nc(Cl)cc(Sc2ccccc2Cl)n1. The predicted molar refractivity (Wildman–Crippen MR) is 67.6 cm³/mol. The molecular formula is C11H5Cl2F3N2S. The molecule has 0 amide bonds. The summed E-state index contributed by atoms with van der Waals surface area (Å²) in [6, 6.07) is 8.01. The van der Waals surface area contributed by atoms with Crippen molar-refractivity contribution < 1.29 is 13.2 Å². The van der Waals surface area contributed by atoms with Crippen molar-refractivity contribution in [3.63, 3.8) is 0 Å². The van der Waals surface area contributed by atoms with Crippen molar-refractivity contribution in [3.8, 4) is 0 Å².